The Morgan fingerprint density at radius 1 is 1.12 bits per heavy atom. The molecule has 0 radical (unpaired) electrons. The molecule has 1 atom stereocenters. The molecule has 0 amide bonds. The normalized spacial score (nSPS) is 17.4. The van der Waals surface area contributed by atoms with Crippen LogP contribution in [0.15, 0.2) is 42.5 Å². The fourth-order valence-corrected chi connectivity index (χ4v) is 3.30. The molecule has 1 aliphatic rings. The van der Waals surface area contributed by atoms with Crippen molar-refractivity contribution in [2.75, 3.05) is 27.2 Å². The molecule has 4 nitrogen and oxygen atoms in total. The fraction of sp³-hybridized carbons (Fsp3) is 0.429. The van der Waals surface area contributed by atoms with Crippen molar-refractivity contribution in [2.45, 2.75) is 32.0 Å². The van der Waals surface area contributed by atoms with Crippen molar-refractivity contribution in [3.63, 3.8) is 0 Å². The van der Waals surface area contributed by atoms with Crippen LogP contribution in [0, 0.1) is 5.82 Å². The molecule has 1 heterocycles. The van der Waals surface area contributed by atoms with E-state index in [-0.39, 0.29) is 5.82 Å². The molecule has 0 aromatic heterocycles. The number of ether oxygens (including phenoxy) is 2. The number of rotatable bonds is 8. The first-order chi connectivity index (χ1) is 12.7. The summed E-state index contributed by atoms with van der Waals surface area (Å²) in [5.74, 6) is 1.16. The van der Waals surface area contributed by atoms with Crippen molar-refractivity contribution in [1.29, 1.82) is 0 Å². The van der Waals surface area contributed by atoms with Gasteiger partial charge in [0.05, 0.1) is 7.11 Å². The number of hydrogen-bond donors (Lipinski definition) is 1. The maximum absolute atomic E-state index is 13.0. The number of hydrogen-bond acceptors (Lipinski definition) is 4. The van der Waals surface area contributed by atoms with E-state index in [2.05, 4.69) is 17.3 Å². The third-order valence-corrected chi connectivity index (χ3v) is 4.92. The lowest BCUT2D eigenvalue weighted by Crippen LogP contribution is -2.35. The molecule has 0 bridgehead atoms. The van der Waals surface area contributed by atoms with Crippen LogP contribution >= 0.6 is 0 Å². The molecule has 1 aliphatic heterocycles. The summed E-state index contributed by atoms with van der Waals surface area (Å²) in [4.78, 5) is 2.42. The molecule has 5 heteroatoms. The minimum absolute atomic E-state index is 0.244. The van der Waals surface area contributed by atoms with Gasteiger partial charge in [0.25, 0.3) is 0 Å². The van der Waals surface area contributed by atoms with Crippen LogP contribution in [-0.4, -0.2) is 38.2 Å². The van der Waals surface area contributed by atoms with Gasteiger partial charge >= 0.3 is 0 Å². The first-order valence-electron chi connectivity index (χ1n) is 9.11. The van der Waals surface area contributed by atoms with Crippen LogP contribution in [0.2, 0.25) is 0 Å². The second-order valence-electron chi connectivity index (χ2n) is 6.81. The van der Waals surface area contributed by atoms with E-state index < -0.39 is 0 Å². The minimum atomic E-state index is -0.244. The Balaban J connectivity index is 1.54. The lowest BCUT2D eigenvalue weighted by atomic mass is 10.1. The Labute approximate surface area is 154 Å². The van der Waals surface area contributed by atoms with E-state index in [0.717, 1.165) is 24.2 Å². The highest BCUT2D eigenvalue weighted by atomic mass is 19.1. The second-order valence-corrected chi connectivity index (χ2v) is 6.81. The maximum atomic E-state index is 13.0. The maximum Gasteiger partial charge on any atom is 0.161 e. The molecule has 3 rings (SSSR count). The Bertz CT molecular complexity index is 706. The summed E-state index contributed by atoms with van der Waals surface area (Å²) in [7, 11) is 3.83. The Kier molecular flexibility index (Phi) is 6.47. The average molecular weight is 358 g/mol. The molecule has 1 unspecified atom stereocenters. The molecular weight excluding hydrogens is 331 g/mol. The van der Waals surface area contributed by atoms with Gasteiger partial charge in [-0.1, -0.05) is 18.2 Å². The molecule has 1 N–H and O–H groups in total. The van der Waals surface area contributed by atoms with Crippen LogP contribution in [-0.2, 0) is 13.2 Å². The molecular formula is C21H27FN2O2. The zero-order chi connectivity index (χ0) is 18.4. The quantitative estimate of drug-likeness (QED) is 0.782. The van der Waals surface area contributed by atoms with E-state index in [4.69, 9.17) is 9.47 Å². The molecule has 0 aliphatic carbocycles. The van der Waals surface area contributed by atoms with Crippen LogP contribution in [0.3, 0.4) is 0 Å². The van der Waals surface area contributed by atoms with Gasteiger partial charge in [0.1, 0.15) is 12.4 Å². The van der Waals surface area contributed by atoms with Gasteiger partial charge in [-0.2, -0.15) is 0 Å². The van der Waals surface area contributed by atoms with Gasteiger partial charge in [-0.3, -0.25) is 0 Å². The highest BCUT2D eigenvalue weighted by Gasteiger charge is 2.19. The van der Waals surface area contributed by atoms with Crippen molar-refractivity contribution < 1.29 is 13.9 Å². The van der Waals surface area contributed by atoms with Gasteiger partial charge in [0.2, 0.25) is 0 Å². The fourth-order valence-electron chi connectivity index (χ4n) is 3.30. The molecule has 2 aromatic rings. The average Bonchev–Trinajstić information content (AvgIpc) is 3.06. The number of nitrogens with zero attached hydrogens (tertiary/aromatic N) is 1. The number of halogens is 1. The summed E-state index contributed by atoms with van der Waals surface area (Å²) in [6.45, 7) is 3.38. The van der Waals surface area contributed by atoms with Crippen LogP contribution in [0.4, 0.5) is 4.39 Å². The Morgan fingerprint density at radius 3 is 2.58 bits per heavy atom. The molecule has 0 saturated carbocycles. The molecule has 26 heavy (non-hydrogen) atoms. The second kappa shape index (κ2) is 9.01. The molecule has 2 aromatic carbocycles. The van der Waals surface area contributed by atoms with Gasteiger partial charge < -0.3 is 19.7 Å². The first kappa shape index (κ1) is 18.7. The summed E-state index contributed by atoms with van der Waals surface area (Å²) in [6.07, 6.45) is 2.56. The van der Waals surface area contributed by atoms with Crippen molar-refractivity contribution >= 4 is 0 Å². The summed E-state index contributed by atoms with van der Waals surface area (Å²) in [6, 6.07) is 12.9. The van der Waals surface area contributed by atoms with Crippen LogP contribution in [0.1, 0.15) is 24.0 Å². The highest BCUT2D eigenvalue weighted by molar-refractivity contribution is 5.43. The van der Waals surface area contributed by atoms with Gasteiger partial charge in [-0.05, 0) is 61.8 Å². The number of nitrogens with one attached hydrogen (secondary N) is 1. The predicted molar refractivity (Wildman–Crippen MR) is 101 cm³/mol. The monoisotopic (exact) mass is 358 g/mol. The molecule has 140 valence electrons. The molecule has 1 fully saturated rings. The molecule has 1 saturated heterocycles. The van der Waals surface area contributed by atoms with Gasteiger partial charge in [0.15, 0.2) is 11.5 Å². The number of likely N-dealkylation sites (tertiary alicyclic amines) is 1. The zero-order valence-electron chi connectivity index (χ0n) is 15.5. The van der Waals surface area contributed by atoms with Crippen molar-refractivity contribution in [3.8, 4) is 11.5 Å². The van der Waals surface area contributed by atoms with Crippen molar-refractivity contribution in [3.05, 3.63) is 59.4 Å². The number of likely N-dealkylation sites (N-methyl/N-ethyl adjacent to an activating group) is 1. The Hall–Kier alpha value is -2.11. The topological polar surface area (TPSA) is 33.7 Å². The van der Waals surface area contributed by atoms with E-state index in [1.54, 1.807) is 19.2 Å². The van der Waals surface area contributed by atoms with E-state index in [1.807, 2.05) is 18.2 Å². The van der Waals surface area contributed by atoms with E-state index in [1.165, 1.54) is 31.5 Å². The lowest BCUT2D eigenvalue weighted by Gasteiger charge is -2.20. The van der Waals surface area contributed by atoms with Crippen molar-refractivity contribution in [2.24, 2.45) is 0 Å². The van der Waals surface area contributed by atoms with Gasteiger partial charge in [-0.25, -0.2) is 4.39 Å². The summed E-state index contributed by atoms with van der Waals surface area (Å²) in [5, 5.41) is 3.53. The third-order valence-electron chi connectivity index (χ3n) is 4.92. The van der Waals surface area contributed by atoms with E-state index >= 15 is 0 Å². The largest absolute Gasteiger partial charge is 0.493 e. The SMILES string of the molecule is COc1cc(CNCC2CCCN2C)ccc1OCc1ccc(F)cc1. The van der Waals surface area contributed by atoms with Crippen LogP contribution < -0.4 is 14.8 Å². The van der Waals surface area contributed by atoms with E-state index in [0.29, 0.717) is 24.1 Å². The zero-order valence-corrected chi connectivity index (χ0v) is 15.5. The summed E-state index contributed by atoms with van der Waals surface area (Å²) >= 11 is 0. The smallest absolute Gasteiger partial charge is 0.161 e. The predicted octanol–water partition coefficient (Wildman–Crippen LogP) is 3.60. The number of methoxy groups -OCH3 is 1. The summed E-state index contributed by atoms with van der Waals surface area (Å²) in [5.41, 5.74) is 2.08. The van der Waals surface area contributed by atoms with Crippen molar-refractivity contribution in [1.82, 2.24) is 10.2 Å². The molecule has 0 spiro atoms. The minimum Gasteiger partial charge on any atom is -0.493 e. The standard InChI is InChI=1S/C21H27FN2O2/c1-24-11-3-4-19(24)14-23-13-17-7-10-20(21(12-17)25-2)26-15-16-5-8-18(22)9-6-16/h5-10,12,19,23H,3-4,11,13-15H2,1-2H3. The van der Waals surface area contributed by atoms with Gasteiger partial charge in [0, 0.05) is 19.1 Å². The van der Waals surface area contributed by atoms with Crippen LogP contribution in [0.25, 0.3) is 0 Å². The summed E-state index contributed by atoms with van der Waals surface area (Å²) < 4.78 is 24.3. The van der Waals surface area contributed by atoms with Gasteiger partial charge in [-0.15, -0.1) is 0 Å². The van der Waals surface area contributed by atoms with E-state index in [9.17, 15) is 4.39 Å². The lowest BCUT2D eigenvalue weighted by molar-refractivity contribution is 0.284. The highest BCUT2D eigenvalue weighted by Crippen LogP contribution is 2.29. The Morgan fingerprint density at radius 2 is 1.88 bits per heavy atom. The first-order valence-corrected chi connectivity index (χ1v) is 9.11. The number of benzene rings is 2. The van der Waals surface area contributed by atoms with Crippen LogP contribution in [0.5, 0.6) is 11.5 Å². The third kappa shape index (κ3) is 4.96.